The van der Waals surface area contributed by atoms with Crippen LogP contribution in [-0.2, 0) is 15.4 Å². The molecule has 26 heavy (non-hydrogen) atoms. The number of azo groups is 1. The third-order valence-electron chi connectivity index (χ3n) is 4.64. The van der Waals surface area contributed by atoms with Crippen LogP contribution in [0.5, 0.6) is 0 Å². The average Bonchev–Trinajstić information content (AvgIpc) is 3.12. The molecule has 2 aromatic rings. The van der Waals surface area contributed by atoms with Gasteiger partial charge in [0.2, 0.25) is 0 Å². The summed E-state index contributed by atoms with van der Waals surface area (Å²) in [6, 6.07) is 14.6. The van der Waals surface area contributed by atoms with Crippen molar-refractivity contribution in [2.75, 3.05) is 32.9 Å². The second-order valence-electron chi connectivity index (χ2n) is 6.73. The van der Waals surface area contributed by atoms with Crippen LogP contribution in [0.2, 0.25) is 5.02 Å². The van der Waals surface area contributed by atoms with E-state index in [0.717, 1.165) is 17.5 Å². The lowest BCUT2D eigenvalue weighted by Gasteiger charge is -2.26. The van der Waals surface area contributed by atoms with Crippen LogP contribution in [0, 0.1) is 0 Å². The quantitative estimate of drug-likeness (QED) is 0.752. The summed E-state index contributed by atoms with van der Waals surface area (Å²) in [5.41, 5.74) is 1.37. The number of halogens is 1. The molecule has 1 aliphatic rings. The molecule has 0 radical (unpaired) electrons. The summed E-state index contributed by atoms with van der Waals surface area (Å²) in [6.45, 7) is 1.14. The molecule has 2 aromatic carbocycles. The van der Waals surface area contributed by atoms with E-state index >= 15 is 0 Å². The van der Waals surface area contributed by atoms with Gasteiger partial charge in [-0.25, -0.2) is 8.42 Å². The van der Waals surface area contributed by atoms with E-state index in [4.69, 9.17) is 11.6 Å². The molecule has 3 rings (SSSR count). The monoisotopic (exact) mass is 391 g/mol. The van der Waals surface area contributed by atoms with Gasteiger partial charge in [-0.2, -0.15) is 10.2 Å². The van der Waals surface area contributed by atoms with Crippen molar-refractivity contribution in [3.05, 3.63) is 64.7 Å². The molecule has 1 unspecified atom stereocenters. The van der Waals surface area contributed by atoms with Gasteiger partial charge in [0.25, 0.3) is 0 Å². The minimum absolute atomic E-state index is 0.0986. The zero-order valence-electron chi connectivity index (χ0n) is 14.9. The standard InChI is InChI=1S/C19H22ClN3O2S/c1-23(2)13-14-26(24,25)18-9-5-16(6-10-18)19(11-12-21-22-19)15-3-7-17(20)8-4-15/h3-10H,11-14H2,1-2H3. The van der Waals surface area contributed by atoms with Crippen LogP contribution in [0.3, 0.4) is 0 Å². The summed E-state index contributed by atoms with van der Waals surface area (Å²) in [5.74, 6) is 0.0986. The maximum absolute atomic E-state index is 12.5. The SMILES string of the molecule is CN(C)CCS(=O)(=O)c1ccc(C2(c3ccc(Cl)cc3)CCN=N2)cc1. The molecule has 5 nitrogen and oxygen atoms in total. The Labute approximate surface area is 159 Å². The molecule has 0 N–H and O–H groups in total. The summed E-state index contributed by atoms with van der Waals surface area (Å²) >= 11 is 6.01. The molecule has 0 fully saturated rings. The van der Waals surface area contributed by atoms with Crippen LogP contribution in [0.1, 0.15) is 17.5 Å². The predicted molar refractivity (Wildman–Crippen MR) is 104 cm³/mol. The second-order valence-corrected chi connectivity index (χ2v) is 9.27. The number of benzene rings is 2. The lowest BCUT2D eigenvalue weighted by Crippen LogP contribution is -2.24. The van der Waals surface area contributed by atoms with E-state index in [1.54, 1.807) is 12.1 Å². The molecule has 0 aliphatic carbocycles. The molecule has 1 atom stereocenters. The van der Waals surface area contributed by atoms with E-state index in [1.165, 1.54) is 0 Å². The fraction of sp³-hybridized carbons (Fsp3) is 0.368. The molecule has 0 spiro atoms. The highest BCUT2D eigenvalue weighted by Crippen LogP contribution is 2.41. The minimum atomic E-state index is -3.30. The molecule has 0 saturated carbocycles. The van der Waals surface area contributed by atoms with E-state index in [2.05, 4.69) is 10.2 Å². The highest BCUT2D eigenvalue weighted by atomic mass is 35.5. The largest absolute Gasteiger partial charge is 0.308 e. The molecule has 1 heterocycles. The predicted octanol–water partition coefficient (Wildman–Crippen LogP) is 3.77. The molecule has 138 valence electrons. The van der Waals surface area contributed by atoms with Gasteiger partial charge in [-0.15, -0.1) is 0 Å². The maximum Gasteiger partial charge on any atom is 0.179 e. The van der Waals surface area contributed by atoms with Crippen LogP contribution in [0.15, 0.2) is 63.7 Å². The number of hydrogen-bond acceptors (Lipinski definition) is 5. The molecule has 0 saturated heterocycles. The van der Waals surface area contributed by atoms with E-state index in [0.29, 0.717) is 23.0 Å². The van der Waals surface area contributed by atoms with Crippen molar-refractivity contribution in [1.82, 2.24) is 4.90 Å². The number of rotatable bonds is 6. The first kappa shape index (κ1) is 19.0. The first-order chi connectivity index (χ1) is 12.3. The van der Waals surface area contributed by atoms with Crippen LogP contribution in [0.25, 0.3) is 0 Å². The normalized spacial score (nSPS) is 20.0. The Balaban J connectivity index is 1.93. The smallest absolute Gasteiger partial charge is 0.179 e. The molecule has 0 bridgehead atoms. The van der Waals surface area contributed by atoms with Gasteiger partial charge in [0.15, 0.2) is 9.84 Å². The van der Waals surface area contributed by atoms with Crippen molar-refractivity contribution in [2.45, 2.75) is 16.9 Å². The van der Waals surface area contributed by atoms with Crippen LogP contribution in [-0.4, -0.2) is 46.3 Å². The van der Waals surface area contributed by atoms with Gasteiger partial charge < -0.3 is 4.90 Å². The summed E-state index contributed by atoms with van der Waals surface area (Å²) in [5, 5.41) is 9.38. The van der Waals surface area contributed by atoms with E-state index in [1.807, 2.05) is 55.4 Å². The average molecular weight is 392 g/mol. The van der Waals surface area contributed by atoms with Gasteiger partial charge in [0.1, 0.15) is 5.54 Å². The number of nitrogens with zero attached hydrogens (tertiary/aromatic N) is 3. The highest BCUT2D eigenvalue weighted by Gasteiger charge is 2.37. The van der Waals surface area contributed by atoms with Crippen molar-refractivity contribution in [3.8, 4) is 0 Å². The Bertz CT molecular complexity index is 893. The van der Waals surface area contributed by atoms with Crippen molar-refractivity contribution >= 4 is 21.4 Å². The van der Waals surface area contributed by atoms with Crippen LogP contribution >= 0.6 is 11.6 Å². The highest BCUT2D eigenvalue weighted by molar-refractivity contribution is 7.91. The molecule has 0 amide bonds. The van der Waals surface area contributed by atoms with E-state index in [-0.39, 0.29) is 5.75 Å². The van der Waals surface area contributed by atoms with E-state index < -0.39 is 15.4 Å². The molecular weight excluding hydrogens is 370 g/mol. The Morgan fingerprint density at radius 2 is 1.62 bits per heavy atom. The molecular formula is C19H22ClN3O2S. The first-order valence-electron chi connectivity index (χ1n) is 8.46. The zero-order valence-corrected chi connectivity index (χ0v) is 16.5. The van der Waals surface area contributed by atoms with Gasteiger partial charge >= 0.3 is 0 Å². The summed E-state index contributed by atoms with van der Waals surface area (Å²) in [7, 11) is 0.423. The second kappa shape index (κ2) is 7.47. The maximum atomic E-state index is 12.5. The summed E-state index contributed by atoms with van der Waals surface area (Å²) < 4.78 is 24.9. The lowest BCUT2D eigenvalue weighted by atomic mass is 9.81. The third-order valence-corrected chi connectivity index (χ3v) is 6.60. The van der Waals surface area contributed by atoms with Crippen molar-refractivity contribution in [1.29, 1.82) is 0 Å². The topological polar surface area (TPSA) is 62.1 Å². The van der Waals surface area contributed by atoms with Crippen molar-refractivity contribution in [2.24, 2.45) is 10.2 Å². The zero-order chi connectivity index (χ0) is 18.8. The summed E-state index contributed by atoms with van der Waals surface area (Å²) in [4.78, 5) is 2.20. The Morgan fingerprint density at radius 3 is 2.12 bits per heavy atom. The minimum Gasteiger partial charge on any atom is -0.308 e. The van der Waals surface area contributed by atoms with Crippen LogP contribution < -0.4 is 0 Å². The van der Waals surface area contributed by atoms with Crippen molar-refractivity contribution in [3.63, 3.8) is 0 Å². The number of hydrogen-bond donors (Lipinski definition) is 0. The summed E-state index contributed by atoms with van der Waals surface area (Å²) in [6.07, 6.45) is 0.751. The van der Waals surface area contributed by atoms with Gasteiger partial charge in [-0.1, -0.05) is 35.9 Å². The van der Waals surface area contributed by atoms with E-state index in [9.17, 15) is 8.42 Å². The fourth-order valence-electron chi connectivity index (χ4n) is 3.09. The van der Waals surface area contributed by atoms with Gasteiger partial charge in [-0.3, -0.25) is 0 Å². The van der Waals surface area contributed by atoms with Gasteiger partial charge in [0, 0.05) is 18.0 Å². The molecule has 1 aliphatic heterocycles. The Hall–Kier alpha value is -1.76. The fourth-order valence-corrected chi connectivity index (χ4v) is 4.61. The van der Waals surface area contributed by atoms with Gasteiger partial charge in [-0.05, 0) is 49.5 Å². The molecule has 7 heteroatoms. The van der Waals surface area contributed by atoms with Crippen LogP contribution in [0.4, 0.5) is 0 Å². The lowest BCUT2D eigenvalue weighted by molar-refractivity contribution is 0.432. The molecule has 0 aromatic heterocycles. The first-order valence-corrected chi connectivity index (χ1v) is 10.5. The Morgan fingerprint density at radius 1 is 1.04 bits per heavy atom. The Kier molecular flexibility index (Phi) is 5.46. The van der Waals surface area contributed by atoms with Gasteiger partial charge in [0.05, 0.1) is 17.2 Å². The van der Waals surface area contributed by atoms with Crippen molar-refractivity contribution < 1.29 is 8.42 Å². The third kappa shape index (κ3) is 3.82. The number of sulfone groups is 1.